The largest absolute Gasteiger partial charge is 0.495 e. The van der Waals surface area contributed by atoms with Gasteiger partial charge in [-0.3, -0.25) is 0 Å². The number of aliphatic hydroxyl groups excluding tert-OH is 1. The Hall–Kier alpha value is -0.540. The Morgan fingerprint density at radius 1 is 1.46 bits per heavy atom. The van der Waals surface area contributed by atoms with Crippen molar-refractivity contribution >= 4 is 15.9 Å². The van der Waals surface area contributed by atoms with E-state index >= 15 is 0 Å². The van der Waals surface area contributed by atoms with Crippen molar-refractivity contribution in [2.75, 3.05) is 7.11 Å². The monoisotopic (exact) mass is 244 g/mol. The first-order valence-electron chi connectivity index (χ1n) is 4.05. The molecule has 0 atom stereocenters. The van der Waals surface area contributed by atoms with E-state index in [-0.39, 0.29) is 6.61 Å². The second-order valence-electron chi connectivity index (χ2n) is 2.98. The summed E-state index contributed by atoms with van der Waals surface area (Å²) in [6.07, 6.45) is 0. The third kappa shape index (κ3) is 1.86. The molecule has 1 rings (SSSR count). The number of ether oxygens (including phenoxy) is 1. The van der Waals surface area contributed by atoms with E-state index in [1.807, 2.05) is 19.9 Å². The maximum absolute atomic E-state index is 9.07. The number of aryl methyl sites for hydroxylation is 1. The van der Waals surface area contributed by atoms with Crippen molar-refractivity contribution in [1.29, 1.82) is 0 Å². The van der Waals surface area contributed by atoms with Gasteiger partial charge in [0.2, 0.25) is 0 Å². The van der Waals surface area contributed by atoms with E-state index in [9.17, 15) is 0 Å². The lowest BCUT2D eigenvalue weighted by atomic mass is 10.1. The first kappa shape index (κ1) is 10.5. The molecule has 0 heterocycles. The van der Waals surface area contributed by atoms with Gasteiger partial charge in [0.15, 0.2) is 0 Å². The molecular weight excluding hydrogens is 232 g/mol. The molecule has 0 aliphatic rings. The van der Waals surface area contributed by atoms with Gasteiger partial charge in [-0.25, -0.2) is 0 Å². The number of benzene rings is 1. The smallest absolute Gasteiger partial charge is 0.136 e. The standard InChI is InChI=1S/C10H13BrO2/c1-6-4-8(5-12)7(2)9(11)10(6)13-3/h4,12H,5H2,1-3H3. The van der Waals surface area contributed by atoms with Crippen LogP contribution in [-0.4, -0.2) is 12.2 Å². The number of aliphatic hydroxyl groups is 1. The van der Waals surface area contributed by atoms with Gasteiger partial charge in [-0.2, -0.15) is 0 Å². The fraction of sp³-hybridized carbons (Fsp3) is 0.400. The minimum Gasteiger partial charge on any atom is -0.495 e. The zero-order valence-corrected chi connectivity index (χ0v) is 9.60. The highest BCUT2D eigenvalue weighted by molar-refractivity contribution is 9.10. The second kappa shape index (κ2) is 4.11. The van der Waals surface area contributed by atoms with Crippen molar-refractivity contribution in [3.05, 3.63) is 27.2 Å². The fourth-order valence-corrected chi connectivity index (χ4v) is 2.06. The third-order valence-electron chi connectivity index (χ3n) is 2.13. The van der Waals surface area contributed by atoms with Crippen LogP contribution in [-0.2, 0) is 6.61 Å². The van der Waals surface area contributed by atoms with Gasteiger partial charge in [0, 0.05) is 0 Å². The lowest BCUT2D eigenvalue weighted by Gasteiger charge is -2.12. The summed E-state index contributed by atoms with van der Waals surface area (Å²) < 4.78 is 6.16. The van der Waals surface area contributed by atoms with Gasteiger partial charge in [0.1, 0.15) is 5.75 Å². The Morgan fingerprint density at radius 3 is 2.54 bits per heavy atom. The molecule has 0 unspecified atom stereocenters. The van der Waals surface area contributed by atoms with Crippen LogP contribution in [0.15, 0.2) is 10.5 Å². The summed E-state index contributed by atoms with van der Waals surface area (Å²) in [6.45, 7) is 3.98. The zero-order valence-electron chi connectivity index (χ0n) is 8.02. The van der Waals surface area contributed by atoms with Crippen LogP contribution in [0.5, 0.6) is 5.75 Å². The molecule has 13 heavy (non-hydrogen) atoms. The van der Waals surface area contributed by atoms with Crippen LogP contribution >= 0.6 is 15.9 Å². The third-order valence-corrected chi connectivity index (χ3v) is 3.09. The van der Waals surface area contributed by atoms with Crippen molar-refractivity contribution in [3.63, 3.8) is 0 Å². The Labute approximate surface area is 86.7 Å². The van der Waals surface area contributed by atoms with Gasteiger partial charge in [-0.05, 0) is 52.5 Å². The quantitative estimate of drug-likeness (QED) is 0.867. The fourth-order valence-electron chi connectivity index (χ4n) is 1.33. The summed E-state index contributed by atoms with van der Waals surface area (Å²) in [5.41, 5.74) is 3.00. The molecular formula is C10H13BrO2. The lowest BCUT2D eigenvalue weighted by Crippen LogP contribution is -1.96. The van der Waals surface area contributed by atoms with Crippen LogP contribution in [0.2, 0.25) is 0 Å². The zero-order chi connectivity index (χ0) is 10.0. The molecule has 72 valence electrons. The number of halogens is 1. The van der Waals surface area contributed by atoms with Crippen molar-refractivity contribution in [2.24, 2.45) is 0 Å². The minimum absolute atomic E-state index is 0.0647. The minimum atomic E-state index is 0.0647. The van der Waals surface area contributed by atoms with E-state index in [0.717, 1.165) is 26.9 Å². The number of rotatable bonds is 2. The van der Waals surface area contributed by atoms with Crippen molar-refractivity contribution in [1.82, 2.24) is 0 Å². The molecule has 0 spiro atoms. The van der Waals surface area contributed by atoms with Gasteiger partial charge in [0.25, 0.3) is 0 Å². The van der Waals surface area contributed by atoms with Crippen LogP contribution in [0.3, 0.4) is 0 Å². The van der Waals surface area contributed by atoms with Gasteiger partial charge in [0.05, 0.1) is 18.2 Å². The molecule has 0 bridgehead atoms. The summed E-state index contributed by atoms with van der Waals surface area (Å²) in [4.78, 5) is 0. The Balaban J connectivity index is 3.37. The second-order valence-corrected chi connectivity index (χ2v) is 3.78. The number of methoxy groups -OCH3 is 1. The normalized spacial score (nSPS) is 10.2. The Bertz CT molecular complexity index is 321. The van der Waals surface area contributed by atoms with Gasteiger partial charge < -0.3 is 9.84 Å². The topological polar surface area (TPSA) is 29.5 Å². The predicted octanol–water partition coefficient (Wildman–Crippen LogP) is 2.57. The van der Waals surface area contributed by atoms with Crippen LogP contribution in [0, 0.1) is 13.8 Å². The average Bonchev–Trinajstić information content (AvgIpc) is 2.12. The molecule has 0 amide bonds. The predicted molar refractivity (Wildman–Crippen MR) is 56.1 cm³/mol. The maximum atomic E-state index is 9.07. The van der Waals surface area contributed by atoms with E-state index in [1.165, 1.54) is 0 Å². The Kier molecular flexibility index (Phi) is 3.33. The molecule has 0 fully saturated rings. The van der Waals surface area contributed by atoms with Gasteiger partial charge in [-0.1, -0.05) is 0 Å². The highest BCUT2D eigenvalue weighted by Gasteiger charge is 2.10. The van der Waals surface area contributed by atoms with E-state index in [2.05, 4.69) is 15.9 Å². The summed E-state index contributed by atoms with van der Waals surface area (Å²) in [5.74, 6) is 0.842. The van der Waals surface area contributed by atoms with E-state index < -0.39 is 0 Å². The van der Waals surface area contributed by atoms with Crippen molar-refractivity contribution < 1.29 is 9.84 Å². The van der Waals surface area contributed by atoms with E-state index in [1.54, 1.807) is 7.11 Å². The van der Waals surface area contributed by atoms with E-state index in [0.29, 0.717) is 0 Å². The highest BCUT2D eigenvalue weighted by atomic mass is 79.9. The molecule has 0 aliphatic heterocycles. The lowest BCUT2D eigenvalue weighted by molar-refractivity contribution is 0.280. The molecule has 0 aromatic heterocycles. The average molecular weight is 245 g/mol. The van der Waals surface area contributed by atoms with Crippen LogP contribution in [0.1, 0.15) is 16.7 Å². The summed E-state index contributed by atoms with van der Waals surface area (Å²) in [6, 6.07) is 1.94. The van der Waals surface area contributed by atoms with Crippen LogP contribution in [0.4, 0.5) is 0 Å². The number of hydrogen-bond acceptors (Lipinski definition) is 2. The summed E-state index contributed by atoms with van der Waals surface area (Å²) >= 11 is 3.45. The SMILES string of the molecule is COc1c(C)cc(CO)c(C)c1Br. The first-order chi connectivity index (χ1) is 6.11. The maximum Gasteiger partial charge on any atom is 0.136 e. The van der Waals surface area contributed by atoms with Gasteiger partial charge in [-0.15, -0.1) is 0 Å². The molecule has 3 heteroatoms. The molecule has 1 aromatic rings. The van der Waals surface area contributed by atoms with Gasteiger partial charge >= 0.3 is 0 Å². The molecule has 0 radical (unpaired) electrons. The molecule has 1 N–H and O–H groups in total. The van der Waals surface area contributed by atoms with E-state index in [4.69, 9.17) is 9.84 Å². The first-order valence-corrected chi connectivity index (χ1v) is 4.84. The molecule has 0 saturated carbocycles. The molecule has 1 aromatic carbocycles. The van der Waals surface area contributed by atoms with Crippen LogP contribution < -0.4 is 4.74 Å². The highest BCUT2D eigenvalue weighted by Crippen LogP contribution is 2.33. The van der Waals surface area contributed by atoms with Crippen molar-refractivity contribution in [2.45, 2.75) is 20.5 Å². The molecule has 2 nitrogen and oxygen atoms in total. The molecule has 0 aliphatic carbocycles. The Morgan fingerprint density at radius 2 is 2.08 bits per heavy atom. The van der Waals surface area contributed by atoms with Crippen LogP contribution in [0.25, 0.3) is 0 Å². The summed E-state index contributed by atoms with van der Waals surface area (Å²) in [7, 11) is 1.64. The summed E-state index contributed by atoms with van der Waals surface area (Å²) in [5, 5.41) is 9.07. The van der Waals surface area contributed by atoms with Crippen molar-refractivity contribution in [3.8, 4) is 5.75 Å². The molecule has 0 saturated heterocycles. The number of hydrogen-bond donors (Lipinski definition) is 1.